The van der Waals surface area contributed by atoms with Gasteiger partial charge in [0.05, 0.1) is 22.0 Å². The zero-order valence-electron chi connectivity index (χ0n) is 14.6. The Bertz CT molecular complexity index is 962. The highest BCUT2D eigenvalue weighted by atomic mass is 32.1. The van der Waals surface area contributed by atoms with Crippen LogP contribution >= 0.6 is 11.3 Å². The number of carbonyl (C=O) groups is 2. The summed E-state index contributed by atoms with van der Waals surface area (Å²) < 4.78 is 7.74. The van der Waals surface area contributed by atoms with Gasteiger partial charge in [0.15, 0.2) is 11.2 Å². The van der Waals surface area contributed by atoms with Gasteiger partial charge >= 0.3 is 5.97 Å². The van der Waals surface area contributed by atoms with E-state index >= 15 is 0 Å². The summed E-state index contributed by atoms with van der Waals surface area (Å²) in [5, 5.41) is 7.30. The van der Waals surface area contributed by atoms with Crippen molar-refractivity contribution in [3.63, 3.8) is 0 Å². The molecule has 136 valence electrons. The summed E-state index contributed by atoms with van der Waals surface area (Å²) in [5.74, 6) is -0.461. The lowest BCUT2D eigenvalue weighted by molar-refractivity contribution is -0.123. The van der Waals surface area contributed by atoms with Gasteiger partial charge in [-0.25, -0.2) is 14.5 Å². The van der Waals surface area contributed by atoms with Gasteiger partial charge in [-0.2, -0.15) is 5.10 Å². The third-order valence-electron chi connectivity index (χ3n) is 3.70. The molecule has 0 bridgehead atoms. The maximum Gasteiger partial charge on any atom is 0.338 e. The molecule has 1 amide bonds. The van der Waals surface area contributed by atoms with Crippen molar-refractivity contribution in [2.75, 3.05) is 11.1 Å². The smallest absolute Gasteiger partial charge is 0.338 e. The normalized spacial score (nSPS) is 12.3. The second kappa shape index (κ2) is 7.12. The second-order valence-corrected chi connectivity index (χ2v) is 7.09. The van der Waals surface area contributed by atoms with Gasteiger partial charge in [0.25, 0.3) is 5.91 Å². The summed E-state index contributed by atoms with van der Waals surface area (Å²) in [6, 6.07) is 6.74. The molecular formula is C17H19N5O3S. The van der Waals surface area contributed by atoms with E-state index in [0.717, 1.165) is 10.2 Å². The minimum atomic E-state index is -0.958. The number of benzene rings is 1. The number of rotatable bonds is 5. The van der Waals surface area contributed by atoms with Crippen LogP contribution in [0, 0.1) is 0 Å². The number of nitrogen functional groups attached to an aromatic ring is 1. The van der Waals surface area contributed by atoms with Crippen LogP contribution in [0.1, 0.15) is 37.2 Å². The van der Waals surface area contributed by atoms with Gasteiger partial charge in [-0.05, 0) is 39.0 Å². The number of hydrogen-bond donors (Lipinski definition) is 2. The van der Waals surface area contributed by atoms with Crippen LogP contribution in [-0.4, -0.2) is 32.7 Å². The van der Waals surface area contributed by atoms with E-state index in [1.807, 2.05) is 13.8 Å². The summed E-state index contributed by atoms with van der Waals surface area (Å²) in [7, 11) is 0. The van der Waals surface area contributed by atoms with E-state index in [1.165, 1.54) is 18.3 Å². The Balaban J connectivity index is 1.67. The summed E-state index contributed by atoms with van der Waals surface area (Å²) in [6.07, 6.45) is 0.641. The van der Waals surface area contributed by atoms with Gasteiger partial charge in [0.1, 0.15) is 5.82 Å². The van der Waals surface area contributed by atoms with Crippen LogP contribution in [0.25, 0.3) is 10.2 Å². The number of aromatic nitrogens is 3. The lowest BCUT2D eigenvalue weighted by Crippen LogP contribution is -2.31. The first-order valence-corrected chi connectivity index (χ1v) is 8.88. The standard InChI is InChI=1S/C17H19N5O3S/c1-9(2)22-14(6-7-19-22)21-15(23)10(3)25-16(24)11-4-5-12-13(8-11)26-17(18)20-12/h4-10H,1-3H3,(H2,18,20)(H,21,23). The van der Waals surface area contributed by atoms with Gasteiger partial charge in [-0.1, -0.05) is 11.3 Å². The topological polar surface area (TPSA) is 112 Å². The molecule has 2 aromatic heterocycles. The van der Waals surface area contributed by atoms with E-state index in [4.69, 9.17) is 10.5 Å². The lowest BCUT2D eigenvalue weighted by Gasteiger charge is -2.15. The number of nitrogens with one attached hydrogen (secondary N) is 1. The molecule has 26 heavy (non-hydrogen) atoms. The van der Waals surface area contributed by atoms with Crippen molar-refractivity contribution in [3.8, 4) is 0 Å². The van der Waals surface area contributed by atoms with Crippen molar-refractivity contribution in [3.05, 3.63) is 36.0 Å². The van der Waals surface area contributed by atoms with Gasteiger partial charge < -0.3 is 15.8 Å². The van der Waals surface area contributed by atoms with Crippen LogP contribution in [-0.2, 0) is 9.53 Å². The predicted octanol–water partition coefficient (Wildman–Crippen LogP) is 2.84. The Morgan fingerprint density at radius 2 is 2.04 bits per heavy atom. The van der Waals surface area contributed by atoms with Crippen molar-refractivity contribution in [1.29, 1.82) is 0 Å². The largest absolute Gasteiger partial charge is 0.449 e. The second-order valence-electron chi connectivity index (χ2n) is 6.03. The Morgan fingerprint density at radius 1 is 1.27 bits per heavy atom. The predicted molar refractivity (Wildman–Crippen MR) is 100 cm³/mol. The highest BCUT2D eigenvalue weighted by molar-refractivity contribution is 7.22. The first-order valence-electron chi connectivity index (χ1n) is 8.06. The molecule has 2 heterocycles. The summed E-state index contributed by atoms with van der Waals surface area (Å²) in [6.45, 7) is 5.43. The summed E-state index contributed by atoms with van der Waals surface area (Å²) >= 11 is 1.29. The molecule has 9 heteroatoms. The lowest BCUT2D eigenvalue weighted by atomic mass is 10.2. The van der Waals surface area contributed by atoms with Gasteiger partial charge in [0, 0.05) is 12.1 Å². The van der Waals surface area contributed by atoms with Crippen LogP contribution in [0.2, 0.25) is 0 Å². The number of ether oxygens (including phenoxy) is 1. The first kappa shape index (κ1) is 17.9. The van der Waals surface area contributed by atoms with E-state index in [0.29, 0.717) is 16.5 Å². The van der Waals surface area contributed by atoms with Crippen molar-refractivity contribution in [2.45, 2.75) is 32.9 Å². The van der Waals surface area contributed by atoms with E-state index in [-0.39, 0.29) is 6.04 Å². The fraction of sp³-hybridized carbons (Fsp3) is 0.294. The van der Waals surface area contributed by atoms with Gasteiger partial charge in [-0.3, -0.25) is 4.79 Å². The Kier molecular flexibility index (Phi) is 4.90. The molecule has 0 saturated heterocycles. The first-order chi connectivity index (χ1) is 12.3. The van der Waals surface area contributed by atoms with E-state index in [9.17, 15) is 9.59 Å². The van der Waals surface area contributed by atoms with Gasteiger partial charge in [0.2, 0.25) is 0 Å². The van der Waals surface area contributed by atoms with Crippen molar-refractivity contribution >= 4 is 44.4 Å². The van der Waals surface area contributed by atoms with E-state index in [2.05, 4.69) is 15.4 Å². The molecule has 0 radical (unpaired) electrons. The van der Waals surface area contributed by atoms with Crippen molar-refractivity contribution in [2.24, 2.45) is 0 Å². The zero-order chi connectivity index (χ0) is 18.8. The van der Waals surface area contributed by atoms with Gasteiger partial charge in [-0.15, -0.1) is 0 Å². The molecule has 0 aliphatic carbocycles. The number of hydrogen-bond acceptors (Lipinski definition) is 7. The molecule has 0 aliphatic rings. The number of amides is 1. The maximum absolute atomic E-state index is 12.3. The molecule has 0 saturated carbocycles. The average molecular weight is 373 g/mol. The third-order valence-corrected chi connectivity index (χ3v) is 4.55. The van der Waals surface area contributed by atoms with Crippen molar-refractivity contribution in [1.82, 2.24) is 14.8 Å². The average Bonchev–Trinajstić information content (AvgIpc) is 3.18. The van der Waals surface area contributed by atoms with Crippen LogP contribution in [0.15, 0.2) is 30.5 Å². The van der Waals surface area contributed by atoms with E-state index < -0.39 is 18.0 Å². The molecule has 0 fully saturated rings. The Labute approximate surface area is 154 Å². The minimum Gasteiger partial charge on any atom is -0.449 e. The molecule has 3 rings (SSSR count). The number of esters is 1. The molecule has 0 aliphatic heterocycles. The van der Waals surface area contributed by atoms with E-state index in [1.54, 1.807) is 35.1 Å². The number of nitrogens with zero attached hydrogens (tertiary/aromatic N) is 3. The summed E-state index contributed by atoms with van der Waals surface area (Å²) in [4.78, 5) is 28.8. The number of carbonyl (C=O) groups excluding carboxylic acids is 2. The number of nitrogens with two attached hydrogens (primary N) is 1. The number of thiazole rings is 1. The Morgan fingerprint density at radius 3 is 2.77 bits per heavy atom. The fourth-order valence-corrected chi connectivity index (χ4v) is 3.18. The zero-order valence-corrected chi connectivity index (χ0v) is 15.4. The molecule has 3 aromatic rings. The van der Waals surface area contributed by atoms with Crippen LogP contribution in [0.5, 0.6) is 0 Å². The van der Waals surface area contributed by atoms with Crippen LogP contribution in [0.4, 0.5) is 10.9 Å². The molecular weight excluding hydrogens is 354 g/mol. The summed E-state index contributed by atoms with van der Waals surface area (Å²) in [5.41, 5.74) is 6.73. The molecule has 1 unspecified atom stereocenters. The Hall–Kier alpha value is -2.94. The maximum atomic E-state index is 12.3. The monoisotopic (exact) mass is 373 g/mol. The van der Waals surface area contributed by atoms with Crippen molar-refractivity contribution < 1.29 is 14.3 Å². The molecule has 0 spiro atoms. The number of anilines is 2. The third kappa shape index (κ3) is 3.67. The highest BCUT2D eigenvalue weighted by Crippen LogP contribution is 2.25. The fourth-order valence-electron chi connectivity index (χ4n) is 2.40. The molecule has 1 atom stereocenters. The highest BCUT2D eigenvalue weighted by Gasteiger charge is 2.21. The molecule has 1 aromatic carbocycles. The quantitative estimate of drug-likeness (QED) is 0.665. The van der Waals surface area contributed by atoms with Crippen LogP contribution < -0.4 is 11.1 Å². The number of fused-ring (bicyclic) bond motifs is 1. The van der Waals surface area contributed by atoms with Crippen LogP contribution in [0.3, 0.4) is 0 Å². The SMILES string of the molecule is CC(OC(=O)c1ccc2nc(N)sc2c1)C(=O)Nc1ccnn1C(C)C. The molecule has 3 N–H and O–H groups in total. The minimum absolute atomic E-state index is 0.0942. The molecule has 8 nitrogen and oxygen atoms in total.